The van der Waals surface area contributed by atoms with Gasteiger partial charge in [0.2, 0.25) is 5.91 Å². The predicted molar refractivity (Wildman–Crippen MR) is 66.4 cm³/mol. The molecule has 94 valence electrons. The Morgan fingerprint density at radius 2 is 2.18 bits per heavy atom. The van der Waals surface area contributed by atoms with Gasteiger partial charge in [-0.05, 0) is 19.8 Å². The molecular weight excluding hydrogens is 214 g/mol. The fourth-order valence-electron chi connectivity index (χ4n) is 2.62. The second-order valence-electron chi connectivity index (χ2n) is 5.09. The molecule has 1 aliphatic carbocycles. The molecule has 0 atom stereocenters. The summed E-state index contributed by atoms with van der Waals surface area (Å²) in [5, 5.41) is 4.30. The lowest BCUT2D eigenvalue weighted by Gasteiger charge is -2.20. The Balaban J connectivity index is 1.98. The molecule has 0 aromatic carbocycles. The minimum Gasteiger partial charge on any atom is -0.341 e. The first-order valence-corrected chi connectivity index (χ1v) is 6.32. The molecule has 0 spiro atoms. The first-order valence-electron chi connectivity index (χ1n) is 6.32. The average Bonchev–Trinajstić information content (AvgIpc) is 2.88. The summed E-state index contributed by atoms with van der Waals surface area (Å²) in [5.41, 5.74) is 2.15. The topological polar surface area (TPSA) is 38.1 Å². The SMILES string of the molecule is Cc1nn(C)cc1CN(C)C(=O)C1CCCC1. The highest BCUT2D eigenvalue weighted by molar-refractivity contribution is 5.78. The van der Waals surface area contributed by atoms with Gasteiger partial charge in [-0.2, -0.15) is 5.10 Å². The number of amides is 1. The molecule has 0 unspecified atom stereocenters. The first kappa shape index (κ1) is 12.1. The van der Waals surface area contributed by atoms with Crippen molar-refractivity contribution in [1.82, 2.24) is 14.7 Å². The van der Waals surface area contributed by atoms with Crippen molar-refractivity contribution in [2.75, 3.05) is 7.05 Å². The van der Waals surface area contributed by atoms with Gasteiger partial charge in [-0.3, -0.25) is 9.48 Å². The predicted octanol–water partition coefficient (Wildman–Crippen LogP) is 1.88. The third-order valence-electron chi connectivity index (χ3n) is 3.60. The largest absolute Gasteiger partial charge is 0.341 e. The molecule has 0 N–H and O–H groups in total. The maximum atomic E-state index is 12.2. The Labute approximate surface area is 103 Å². The van der Waals surface area contributed by atoms with E-state index in [1.54, 1.807) is 4.68 Å². The molecule has 2 rings (SSSR count). The molecule has 0 radical (unpaired) electrons. The highest BCUT2D eigenvalue weighted by Crippen LogP contribution is 2.26. The lowest BCUT2D eigenvalue weighted by molar-refractivity contribution is -0.134. The van der Waals surface area contributed by atoms with E-state index in [4.69, 9.17) is 0 Å². The molecule has 0 saturated heterocycles. The summed E-state index contributed by atoms with van der Waals surface area (Å²) in [6.07, 6.45) is 6.53. The van der Waals surface area contributed by atoms with E-state index in [9.17, 15) is 4.79 Å². The summed E-state index contributed by atoms with van der Waals surface area (Å²) in [5.74, 6) is 0.558. The van der Waals surface area contributed by atoms with Crippen molar-refractivity contribution < 1.29 is 4.79 Å². The minimum absolute atomic E-state index is 0.261. The molecular formula is C13H21N3O. The summed E-state index contributed by atoms with van der Waals surface area (Å²) in [6.45, 7) is 2.66. The highest BCUT2D eigenvalue weighted by Gasteiger charge is 2.25. The van der Waals surface area contributed by atoms with E-state index in [-0.39, 0.29) is 5.92 Å². The number of carbonyl (C=O) groups is 1. The molecule has 0 bridgehead atoms. The number of hydrogen-bond acceptors (Lipinski definition) is 2. The minimum atomic E-state index is 0.261. The van der Waals surface area contributed by atoms with E-state index in [0.29, 0.717) is 12.5 Å². The molecule has 1 aromatic rings. The Hall–Kier alpha value is -1.32. The normalized spacial score (nSPS) is 16.4. The Bertz CT molecular complexity index is 405. The van der Waals surface area contributed by atoms with Crippen molar-refractivity contribution in [2.45, 2.75) is 39.2 Å². The van der Waals surface area contributed by atoms with Crippen LogP contribution in [-0.2, 0) is 18.4 Å². The molecule has 1 amide bonds. The van der Waals surface area contributed by atoms with E-state index < -0.39 is 0 Å². The molecule has 1 fully saturated rings. The van der Waals surface area contributed by atoms with Crippen molar-refractivity contribution >= 4 is 5.91 Å². The summed E-state index contributed by atoms with van der Waals surface area (Å²) in [4.78, 5) is 14.0. The quantitative estimate of drug-likeness (QED) is 0.802. The standard InChI is InChI=1S/C13H21N3O/c1-10-12(9-16(3)14-10)8-15(2)13(17)11-6-4-5-7-11/h9,11H,4-8H2,1-3H3. The number of aromatic nitrogens is 2. The van der Waals surface area contributed by atoms with Crippen LogP contribution in [-0.4, -0.2) is 27.6 Å². The summed E-state index contributed by atoms with van der Waals surface area (Å²) in [7, 11) is 3.81. The van der Waals surface area contributed by atoms with Crippen molar-refractivity contribution in [3.8, 4) is 0 Å². The number of carbonyl (C=O) groups excluding carboxylic acids is 1. The lowest BCUT2D eigenvalue weighted by Crippen LogP contribution is -2.31. The Morgan fingerprint density at radius 1 is 1.53 bits per heavy atom. The van der Waals surface area contributed by atoms with Crippen LogP contribution in [0.3, 0.4) is 0 Å². The summed E-state index contributed by atoms with van der Waals surface area (Å²) in [6, 6.07) is 0. The molecule has 1 heterocycles. The van der Waals surface area contributed by atoms with Crippen LogP contribution in [0.2, 0.25) is 0 Å². The van der Waals surface area contributed by atoms with E-state index in [0.717, 1.165) is 24.1 Å². The van der Waals surface area contributed by atoms with E-state index in [2.05, 4.69) is 5.10 Å². The van der Waals surface area contributed by atoms with Crippen LogP contribution in [0.25, 0.3) is 0 Å². The maximum Gasteiger partial charge on any atom is 0.225 e. The molecule has 17 heavy (non-hydrogen) atoms. The zero-order valence-electron chi connectivity index (χ0n) is 10.9. The number of nitrogens with zero attached hydrogens (tertiary/aromatic N) is 3. The number of hydrogen-bond donors (Lipinski definition) is 0. The third-order valence-corrected chi connectivity index (χ3v) is 3.60. The molecule has 1 aromatic heterocycles. The second kappa shape index (κ2) is 4.90. The smallest absolute Gasteiger partial charge is 0.225 e. The van der Waals surface area contributed by atoms with Gasteiger partial charge in [-0.1, -0.05) is 12.8 Å². The highest BCUT2D eigenvalue weighted by atomic mass is 16.2. The van der Waals surface area contributed by atoms with Crippen LogP contribution in [0, 0.1) is 12.8 Å². The van der Waals surface area contributed by atoms with E-state index in [1.807, 2.05) is 32.1 Å². The fraction of sp³-hybridized carbons (Fsp3) is 0.692. The maximum absolute atomic E-state index is 12.2. The lowest BCUT2D eigenvalue weighted by atomic mass is 10.1. The van der Waals surface area contributed by atoms with Crippen LogP contribution in [0.1, 0.15) is 36.9 Å². The molecule has 1 saturated carbocycles. The van der Waals surface area contributed by atoms with Gasteiger partial charge in [0.15, 0.2) is 0 Å². The Kier molecular flexibility index (Phi) is 3.50. The van der Waals surface area contributed by atoms with E-state index >= 15 is 0 Å². The fourth-order valence-corrected chi connectivity index (χ4v) is 2.62. The third kappa shape index (κ3) is 2.68. The van der Waals surface area contributed by atoms with Crippen LogP contribution >= 0.6 is 0 Å². The molecule has 0 aliphatic heterocycles. The zero-order chi connectivity index (χ0) is 12.4. The van der Waals surface area contributed by atoms with Gasteiger partial charge in [-0.25, -0.2) is 0 Å². The van der Waals surface area contributed by atoms with Crippen molar-refractivity contribution in [2.24, 2.45) is 13.0 Å². The van der Waals surface area contributed by atoms with Crippen molar-refractivity contribution in [3.63, 3.8) is 0 Å². The van der Waals surface area contributed by atoms with Gasteiger partial charge in [-0.15, -0.1) is 0 Å². The second-order valence-corrected chi connectivity index (χ2v) is 5.09. The number of rotatable bonds is 3. The van der Waals surface area contributed by atoms with Crippen molar-refractivity contribution in [3.05, 3.63) is 17.5 Å². The van der Waals surface area contributed by atoms with Gasteiger partial charge in [0.05, 0.1) is 5.69 Å². The van der Waals surface area contributed by atoms with Gasteiger partial charge in [0.1, 0.15) is 0 Å². The van der Waals surface area contributed by atoms with Crippen LogP contribution in [0.5, 0.6) is 0 Å². The molecule has 4 heteroatoms. The van der Waals surface area contributed by atoms with Gasteiger partial charge >= 0.3 is 0 Å². The average molecular weight is 235 g/mol. The van der Waals surface area contributed by atoms with Crippen LogP contribution < -0.4 is 0 Å². The monoisotopic (exact) mass is 235 g/mol. The van der Waals surface area contributed by atoms with Crippen LogP contribution in [0.4, 0.5) is 0 Å². The van der Waals surface area contributed by atoms with Gasteiger partial charge in [0, 0.05) is 38.3 Å². The van der Waals surface area contributed by atoms with Crippen LogP contribution in [0.15, 0.2) is 6.20 Å². The summed E-state index contributed by atoms with van der Waals surface area (Å²) < 4.78 is 1.80. The summed E-state index contributed by atoms with van der Waals surface area (Å²) >= 11 is 0. The zero-order valence-corrected chi connectivity index (χ0v) is 10.9. The first-order chi connectivity index (χ1) is 8.08. The van der Waals surface area contributed by atoms with Crippen molar-refractivity contribution in [1.29, 1.82) is 0 Å². The Morgan fingerprint density at radius 3 is 2.71 bits per heavy atom. The van der Waals surface area contributed by atoms with E-state index in [1.165, 1.54) is 12.8 Å². The number of aryl methyl sites for hydroxylation is 2. The molecule has 1 aliphatic rings. The molecule has 4 nitrogen and oxygen atoms in total. The van der Waals surface area contributed by atoms with Gasteiger partial charge in [0.25, 0.3) is 0 Å². The van der Waals surface area contributed by atoms with Gasteiger partial charge < -0.3 is 4.90 Å².